The molecule has 1 aliphatic rings. The van der Waals surface area contributed by atoms with Gasteiger partial charge in [-0.05, 0) is 38.5 Å². The third-order valence-corrected chi connectivity index (χ3v) is 5.17. The third kappa shape index (κ3) is 30.8. The first-order valence-electron chi connectivity index (χ1n) is 12.7. The number of allylic oxidation sites excluding steroid dienone is 2. The van der Waals surface area contributed by atoms with Crippen molar-refractivity contribution in [1.82, 2.24) is 5.32 Å². The van der Waals surface area contributed by atoms with Gasteiger partial charge in [0.05, 0.1) is 25.2 Å². The van der Waals surface area contributed by atoms with Crippen molar-refractivity contribution in [3.63, 3.8) is 0 Å². The molecule has 0 fully saturated rings. The van der Waals surface area contributed by atoms with E-state index in [1.807, 2.05) is 6.92 Å². The summed E-state index contributed by atoms with van der Waals surface area (Å²) >= 11 is 0. The Balaban J connectivity index is 0. The van der Waals surface area contributed by atoms with Gasteiger partial charge < -0.3 is 27.0 Å². The molecule has 7 nitrogen and oxygen atoms in total. The van der Waals surface area contributed by atoms with Gasteiger partial charge in [0.1, 0.15) is 0 Å². The summed E-state index contributed by atoms with van der Waals surface area (Å²) < 4.78 is 0. The number of aliphatic hydroxyl groups excluding tert-OH is 1. The zero-order valence-corrected chi connectivity index (χ0v) is 20.9. The van der Waals surface area contributed by atoms with Crippen LogP contribution in [0.1, 0.15) is 110 Å². The minimum atomic E-state index is -0.861. The van der Waals surface area contributed by atoms with Crippen molar-refractivity contribution in [1.29, 1.82) is 0 Å². The fraction of sp³-hybridized carbons (Fsp3) is 0.840. The number of aliphatic hydroxyl groups is 1. The molecule has 0 amide bonds. The number of unbranched alkanes of at least 4 members (excludes halogenated alkanes) is 11. The van der Waals surface area contributed by atoms with Gasteiger partial charge in [-0.15, -0.1) is 0 Å². The summed E-state index contributed by atoms with van der Waals surface area (Å²) in [7, 11) is 0. The fourth-order valence-electron chi connectivity index (χ4n) is 2.78. The van der Waals surface area contributed by atoms with Crippen LogP contribution in [0.15, 0.2) is 17.1 Å². The van der Waals surface area contributed by atoms with Crippen molar-refractivity contribution in [3.8, 4) is 0 Å². The molecule has 1 rings (SSSR count). The molecule has 0 radical (unpaired) electrons. The monoisotopic (exact) mass is 456 g/mol. The molecule has 0 saturated carbocycles. The predicted octanol–water partition coefficient (Wildman–Crippen LogP) is 4.73. The third-order valence-electron chi connectivity index (χ3n) is 5.17. The molecule has 0 unspecified atom stereocenters. The first kappa shape index (κ1) is 32.7. The van der Waals surface area contributed by atoms with Crippen LogP contribution in [0.4, 0.5) is 0 Å². The van der Waals surface area contributed by atoms with Gasteiger partial charge in [0.2, 0.25) is 0 Å². The van der Waals surface area contributed by atoms with E-state index in [-0.39, 0.29) is 6.61 Å². The summed E-state index contributed by atoms with van der Waals surface area (Å²) in [5.74, 6) is -0.664. The second-order valence-electron chi connectivity index (χ2n) is 8.46. The molecular formula is C25H52N4O3. The van der Waals surface area contributed by atoms with Gasteiger partial charge in [-0.25, -0.2) is 0 Å². The van der Waals surface area contributed by atoms with Crippen LogP contribution in [-0.4, -0.2) is 47.9 Å². The molecule has 190 valence electrons. The summed E-state index contributed by atoms with van der Waals surface area (Å²) in [4.78, 5) is 14.2. The van der Waals surface area contributed by atoms with Gasteiger partial charge in [0, 0.05) is 13.0 Å². The molecule has 1 heterocycles. The number of hydrogen-bond acceptors (Lipinski definition) is 6. The zero-order chi connectivity index (χ0) is 24.3. The number of nitrogens with zero attached hydrogens (tertiary/aromatic N) is 1. The number of nitrogens with two attached hydrogens (primary N) is 2. The Bertz CT molecular complexity index is 442. The summed E-state index contributed by atoms with van der Waals surface area (Å²) in [6, 6.07) is 0. The van der Waals surface area contributed by atoms with E-state index in [0.29, 0.717) is 12.8 Å². The lowest BCUT2D eigenvalue weighted by atomic mass is 10.1. The molecule has 0 aromatic carbocycles. The van der Waals surface area contributed by atoms with E-state index in [0.717, 1.165) is 25.9 Å². The highest BCUT2D eigenvalue weighted by Gasteiger charge is 2.12. The SMILES string of the molecule is C1=NCCN1.CCC(N)(N)CO.CCCCCCCC/C=C\CCCCCCCC(=O)O. The van der Waals surface area contributed by atoms with Gasteiger partial charge in [-0.2, -0.15) is 0 Å². The number of carboxylic acids is 1. The number of aliphatic imine (C=N–C) groups is 1. The van der Waals surface area contributed by atoms with Crippen molar-refractivity contribution >= 4 is 12.3 Å². The highest BCUT2D eigenvalue weighted by molar-refractivity contribution is 5.66. The van der Waals surface area contributed by atoms with Crippen LogP contribution in [0.25, 0.3) is 0 Å². The quantitative estimate of drug-likeness (QED) is 0.122. The van der Waals surface area contributed by atoms with Crippen LogP contribution in [0.2, 0.25) is 0 Å². The fourth-order valence-corrected chi connectivity index (χ4v) is 2.78. The molecule has 0 aromatic heterocycles. The Morgan fingerprint density at radius 1 is 0.969 bits per heavy atom. The van der Waals surface area contributed by atoms with Gasteiger partial charge in [0.25, 0.3) is 0 Å². The first-order valence-corrected chi connectivity index (χ1v) is 12.7. The van der Waals surface area contributed by atoms with Crippen molar-refractivity contribution in [3.05, 3.63) is 12.2 Å². The number of aliphatic carboxylic acids is 1. The molecule has 0 saturated heterocycles. The minimum Gasteiger partial charge on any atom is -0.481 e. The first-order chi connectivity index (χ1) is 15.4. The molecule has 0 atom stereocenters. The molecule has 7 heteroatoms. The lowest BCUT2D eigenvalue weighted by Gasteiger charge is -2.17. The molecule has 0 aromatic rings. The summed E-state index contributed by atoms with van der Waals surface area (Å²) in [6.45, 7) is 5.93. The summed E-state index contributed by atoms with van der Waals surface area (Å²) in [5, 5.41) is 19.8. The Morgan fingerprint density at radius 3 is 1.84 bits per heavy atom. The van der Waals surface area contributed by atoms with E-state index < -0.39 is 11.6 Å². The standard InChI is InChI=1S/C18H34O2.C4H12N2O.C3H6N2/c1-2-3-4-5-6-7-8-9-10-11-12-13-14-15-16-17-18(19)20;1-2-4(5,6)3-7;1-2-5-3-4-1/h9-10H,2-8,11-17H2,1H3,(H,19,20);7H,2-3,5-6H2,1H3;3H,1-2H2,(H,4,5)/b10-9-;;. The molecule has 0 aliphatic carbocycles. The molecule has 0 spiro atoms. The normalized spacial score (nSPS) is 12.7. The number of rotatable bonds is 17. The lowest BCUT2D eigenvalue weighted by Crippen LogP contribution is -2.51. The van der Waals surface area contributed by atoms with E-state index in [1.54, 1.807) is 6.34 Å². The molecule has 0 bridgehead atoms. The van der Waals surface area contributed by atoms with Crippen LogP contribution < -0.4 is 16.8 Å². The number of nitrogens with one attached hydrogen (secondary N) is 1. The van der Waals surface area contributed by atoms with Crippen molar-refractivity contribution in [2.75, 3.05) is 19.7 Å². The second kappa shape index (κ2) is 25.8. The second-order valence-corrected chi connectivity index (χ2v) is 8.46. The topological polar surface area (TPSA) is 134 Å². The average Bonchev–Trinajstić information content (AvgIpc) is 3.37. The highest BCUT2D eigenvalue weighted by Crippen LogP contribution is 2.09. The van der Waals surface area contributed by atoms with E-state index in [2.05, 4.69) is 29.4 Å². The molecular weight excluding hydrogens is 404 g/mol. The van der Waals surface area contributed by atoms with E-state index >= 15 is 0 Å². The van der Waals surface area contributed by atoms with Gasteiger partial charge in [-0.3, -0.25) is 9.79 Å². The van der Waals surface area contributed by atoms with Crippen LogP contribution in [0.5, 0.6) is 0 Å². The molecule has 7 N–H and O–H groups in total. The van der Waals surface area contributed by atoms with E-state index in [9.17, 15) is 4.79 Å². The van der Waals surface area contributed by atoms with Crippen LogP contribution in [-0.2, 0) is 4.79 Å². The Labute approximate surface area is 197 Å². The van der Waals surface area contributed by atoms with E-state index in [4.69, 9.17) is 21.7 Å². The summed E-state index contributed by atoms with van der Waals surface area (Å²) in [6.07, 6.45) is 23.6. The zero-order valence-electron chi connectivity index (χ0n) is 20.9. The largest absolute Gasteiger partial charge is 0.481 e. The Hall–Kier alpha value is -1.44. The van der Waals surface area contributed by atoms with Gasteiger partial charge in [-0.1, -0.05) is 77.4 Å². The van der Waals surface area contributed by atoms with E-state index in [1.165, 1.54) is 70.6 Å². The Morgan fingerprint density at radius 2 is 1.50 bits per heavy atom. The highest BCUT2D eigenvalue weighted by atomic mass is 16.4. The summed E-state index contributed by atoms with van der Waals surface area (Å²) in [5.41, 5.74) is 9.62. The average molecular weight is 457 g/mol. The van der Waals surface area contributed by atoms with Crippen molar-refractivity contribution in [2.45, 2.75) is 116 Å². The maximum Gasteiger partial charge on any atom is 0.303 e. The molecule has 1 aliphatic heterocycles. The Kier molecular flexibility index (Phi) is 26.4. The van der Waals surface area contributed by atoms with Crippen LogP contribution in [0.3, 0.4) is 0 Å². The maximum absolute atomic E-state index is 10.3. The van der Waals surface area contributed by atoms with Crippen molar-refractivity contribution < 1.29 is 15.0 Å². The molecule has 32 heavy (non-hydrogen) atoms. The smallest absolute Gasteiger partial charge is 0.303 e. The minimum absolute atomic E-state index is 0.149. The van der Waals surface area contributed by atoms with Gasteiger partial charge in [0.15, 0.2) is 0 Å². The number of hydrogen-bond donors (Lipinski definition) is 5. The maximum atomic E-state index is 10.3. The van der Waals surface area contributed by atoms with Crippen molar-refractivity contribution in [2.24, 2.45) is 16.5 Å². The number of carbonyl (C=O) groups is 1. The number of carboxylic acid groups (broad SMARTS) is 1. The predicted molar refractivity (Wildman–Crippen MR) is 137 cm³/mol. The van der Waals surface area contributed by atoms with Crippen LogP contribution >= 0.6 is 0 Å². The van der Waals surface area contributed by atoms with Gasteiger partial charge >= 0.3 is 5.97 Å². The van der Waals surface area contributed by atoms with Crippen LogP contribution in [0, 0.1) is 0 Å². The lowest BCUT2D eigenvalue weighted by molar-refractivity contribution is -0.137.